The second kappa shape index (κ2) is 3.02. The Morgan fingerprint density at radius 1 is 1.56 bits per heavy atom. The molecule has 0 aliphatic rings. The lowest BCUT2D eigenvalue weighted by molar-refractivity contribution is 0.162. The number of aliphatic hydroxyl groups is 1. The minimum Gasteiger partial charge on any atom is -0.389 e. The summed E-state index contributed by atoms with van der Waals surface area (Å²) in [5.41, 5.74) is 0.202. The maximum absolute atomic E-state index is 9.08. The molecule has 1 nitrogen and oxygen atoms in total. The molecule has 0 saturated carbocycles. The summed E-state index contributed by atoms with van der Waals surface area (Å²) in [5.74, 6) is 0. The van der Waals surface area contributed by atoms with Crippen LogP contribution in [0.3, 0.4) is 0 Å². The van der Waals surface area contributed by atoms with Crippen molar-refractivity contribution < 1.29 is 5.11 Å². The van der Waals surface area contributed by atoms with Crippen molar-refractivity contribution in [3.63, 3.8) is 0 Å². The molecular weight excluding hydrogens is 112 g/mol. The molecule has 0 radical (unpaired) electrons. The van der Waals surface area contributed by atoms with Crippen molar-refractivity contribution in [2.75, 3.05) is 0 Å². The third kappa shape index (κ3) is 5.57. The lowest BCUT2D eigenvalue weighted by Crippen LogP contribution is -2.14. The highest BCUT2D eigenvalue weighted by molar-refractivity contribution is 4.81. The van der Waals surface area contributed by atoms with Crippen LogP contribution in [0.15, 0.2) is 12.7 Å². The van der Waals surface area contributed by atoms with E-state index in [1.165, 1.54) is 0 Å². The predicted molar refractivity (Wildman–Crippen MR) is 40.3 cm³/mol. The quantitative estimate of drug-likeness (QED) is 0.564. The zero-order valence-electron chi connectivity index (χ0n) is 6.52. The van der Waals surface area contributed by atoms with Gasteiger partial charge in [-0.05, 0) is 11.8 Å². The molecule has 0 rings (SSSR count). The number of aliphatic hydroxyl groups excluding tert-OH is 1. The minimum absolute atomic E-state index is 0.202. The van der Waals surface area contributed by atoms with Crippen LogP contribution in [0.5, 0.6) is 0 Å². The molecule has 0 aromatic carbocycles. The highest BCUT2D eigenvalue weighted by atomic mass is 16.3. The first kappa shape index (κ1) is 8.70. The van der Waals surface area contributed by atoms with Gasteiger partial charge in [0.15, 0.2) is 0 Å². The van der Waals surface area contributed by atoms with Gasteiger partial charge in [0.25, 0.3) is 0 Å². The van der Waals surface area contributed by atoms with E-state index in [9.17, 15) is 0 Å². The molecular formula is C8H16O. The molecule has 1 heteroatoms. The summed E-state index contributed by atoms with van der Waals surface area (Å²) in [6.07, 6.45) is 2.02. The molecule has 9 heavy (non-hydrogen) atoms. The second-order valence-electron chi connectivity index (χ2n) is 3.57. The van der Waals surface area contributed by atoms with Gasteiger partial charge in [-0.3, -0.25) is 0 Å². The average molecular weight is 128 g/mol. The summed E-state index contributed by atoms with van der Waals surface area (Å²) in [6, 6.07) is 0. The van der Waals surface area contributed by atoms with E-state index in [2.05, 4.69) is 27.4 Å². The van der Waals surface area contributed by atoms with E-state index in [1.807, 2.05) is 0 Å². The Morgan fingerprint density at radius 3 is 2.11 bits per heavy atom. The minimum atomic E-state index is -0.343. The number of rotatable bonds is 2. The fourth-order valence-corrected chi connectivity index (χ4v) is 0.711. The molecule has 0 saturated heterocycles. The molecule has 1 unspecified atom stereocenters. The Hall–Kier alpha value is -0.300. The first-order valence-corrected chi connectivity index (χ1v) is 3.26. The van der Waals surface area contributed by atoms with Gasteiger partial charge in [-0.2, -0.15) is 0 Å². The lowest BCUT2D eigenvalue weighted by Gasteiger charge is -2.19. The fourth-order valence-electron chi connectivity index (χ4n) is 0.711. The third-order valence-electron chi connectivity index (χ3n) is 1.09. The van der Waals surface area contributed by atoms with Gasteiger partial charge in [0.2, 0.25) is 0 Å². The molecule has 0 spiro atoms. The van der Waals surface area contributed by atoms with Gasteiger partial charge in [0.05, 0.1) is 6.10 Å². The van der Waals surface area contributed by atoms with Crippen molar-refractivity contribution in [3.8, 4) is 0 Å². The van der Waals surface area contributed by atoms with Crippen molar-refractivity contribution in [1.29, 1.82) is 0 Å². The average Bonchev–Trinajstić information content (AvgIpc) is 1.62. The monoisotopic (exact) mass is 128 g/mol. The van der Waals surface area contributed by atoms with Crippen LogP contribution in [0.25, 0.3) is 0 Å². The van der Waals surface area contributed by atoms with E-state index in [-0.39, 0.29) is 11.5 Å². The summed E-state index contributed by atoms with van der Waals surface area (Å²) in [5, 5.41) is 9.08. The van der Waals surface area contributed by atoms with Gasteiger partial charge >= 0.3 is 0 Å². The first-order chi connectivity index (χ1) is 3.95. The molecule has 1 atom stereocenters. The Balaban J connectivity index is 3.59. The summed E-state index contributed by atoms with van der Waals surface area (Å²) in [4.78, 5) is 0. The van der Waals surface area contributed by atoms with Gasteiger partial charge in [0.1, 0.15) is 0 Å². The van der Waals surface area contributed by atoms with Crippen molar-refractivity contribution >= 4 is 0 Å². The predicted octanol–water partition coefficient (Wildman–Crippen LogP) is 1.97. The maximum Gasteiger partial charge on any atom is 0.0723 e. The Kier molecular flexibility index (Phi) is 2.92. The SMILES string of the molecule is C=CC(O)CC(C)(C)C. The van der Waals surface area contributed by atoms with Crippen LogP contribution < -0.4 is 0 Å². The Morgan fingerprint density at radius 2 is 2.00 bits per heavy atom. The van der Waals surface area contributed by atoms with Gasteiger partial charge in [-0.25, -0.2) is 0 Å². The zero-order chi connectivity index (χ0) is 7.49. The number of hydrogen-bond acceptors (Lipinski definition) is 1. The molecule has 0 aromatic heterocycles. The highest BCUT2D eigenvalue weighted by Gasteiger charge is 2.13. The van der Waals surface area contributed by atoms with E-state index < -0.39 is 0 Å². The van der Waals surface area contributed by atoms with E-state index >= 15 is 0 Å². The topological polar surface area (TPSA) is 20.2 Å². The van der Waals surface area contributed by atoms with Crippen molar-refractivity contribution in [2.24, 2.45) is 5.41 Å². The molecule has 54 valence electrons. The molecule has 0 aromatic rings. The maximum atomic E-state index is 9.08. The van der Waals surface area contributed by atoms with E-state index in [0.717, 1.165) is 6.42 Å². The van der Waals surface area contributed by atoms with Crippen molar-refractivity contribution in [1.82, 2.24) is 0 Å². The summed E-state index contributed by atoms with van der Waals surface area (Å²) in [7, 11) is 0. The fraction of sp³-hybridized carbons (Fsp3) is 0.750. The lowest BCUT2D eigenvalue weighted by atomic mass is 9.89. The standard InChI is InChI=1S/C8H16O/c1-5-7(9)6-8(2,3)4/h5,7,9H,1,6H2,2-4H3. The summed E-state index contributed by atoms with van der Waals surface area (Å²) in [6.45, 7) is 9.79. The van der Waals surface area contributed by atoms with Gasteiger partial charge in [0, 0.05) is 0 Å². The third-order valence-corrected chi connectivity index (χ3v) is 1.09. The van der Waals surface area contributed by atoms with Crippen LogP contribution in [-0.2, 0) is 0 Å². The normalized spacial score (nSPS) is 15.1. The first-order valence-electron chi connectivity index (χ1n) is 3.26. The Bertz CT molecular complexity index is 89.2. The summed E-state index contributed by atoms with van der Waals surface area (Å²) < 4.78 is 0. The second-order valence-corrected chi connectivity index (χ2v) is 3.57. The van der Waals surface area contributed by atoms with E-state index in [4.69, 9.17) is 5.11 Å². The molecule has 0 aliphatic heterocycles. The van der Waals surface area contributed by atoms with E-state index in [1.54, 1.807) is 6.08 Å². The van der Waals surface area contributed by atoms with Crippen LogP contribution in [-0.4, -0.2) is 11.2 Å². The molecule has 0 heterocycles. The molecule has 0 aliphatic carbocycles. The summed E-state index contributed by atoms with van der Waals surface area (Å²) >= 11 is 0. The molecule has 1 N–H and O–H groups in total. The molecule has 0 bridgehead atoms. The van der Waals surface area contributed by atoms with Gasteiger partial charge in [-0.15, -0.1) is 6.58 Å². The van der Waals surface area contributed by atoms with Gasteiger partial charge < -0.3 is 5.11 Å². The van der Waals surface area contributed by atoms with Crippen LogP contribution in [0.4, 0.5) is 0 Å². The van der Waals surface area contributed by atoms with Crippen LogP contribution in [0, 0.1) is 5.41 Å². The molecule has 0 amide bonds. The zero-order valence-corrected chi connectivity index (χ0v) is 6.52. The Labute approximate surface area is 57.4 Å². The largest absolute Gasteiger partial charge is 0.389 e. The smallest absolute Gasteiger partial charge is 0.0723 e. The highest BCUT2D eigenvalue weighted by Crippen LogP contribution is 2.20. The van der Waals surface area contributed by atoms with E-state index in [0.29, 0.717) is 0 Å². The van der Waals surface area contributed by atoms with Crippen molar-refractivity contribution in [2.45, 2.75) is 33.3 Å². The van der Waals surface area contributed by atoms with Crippen LogP contribution >= 0.6 is 0 Å². The van der Waals surface area contributed by atoms with Crippen molar-refractivity contribution in [3.05, 3.63) is 12.7 Å². The molecule has 0 fully saturated rings. The van der Waals surface area contributed by atoms with Crippen LogP contribution in [0.2, 0.25) is 0 Å². The van der Waals surface area contributed by atoms with Crippen LogP contribution in [0.1, 0.15) is 27.2 Å². The number of hydrogen-bond donors (Lipinski definition) is 1. The van der Waals surface area contributed by atoms with Gasteiger partial charge in [-0.1, -0.05) is 26.8 Å².